The number of likely N-dealkylation sites (tertiary alicyclic amines) is 1. The van der Waals surface area contributed by atoms with E-state index in [1.807, 2.05) is 25.7 Å². The van der Waals surface area contributed by atoms with Crippen LogP contribution < -0.4 is 0 Å². The fraction of sp³-hybridized carbons (Fsp3) is 0.667. The van der Waals surface area contributed by atoms with Crippen LogP contribution in [0.15, 0.2) is 30.3 Å². The zero-order chi connectivity index (χ0) is 17.4. The summed E-state index contributed by atoms with van der Waals surface area (Å²) in [7, 11) is 0. The monoisotopic (exact) mass is 331 g/mol. The SMILES string of the molecule is CC(C)(C)OC(=O)N1CCCC1CCCCCCc1ccccc1. The number of unbranched alkanes of at least 4 members (excludes halogenated alkanes) is 3. The second-order valence-corrected chi connectivity index (χ2v) is 7.91. The average molecular weight is 331 g/mol. The first-order valence-electron chi connectivity index (χ1n) is 9.49. The van der Waals surface area contributed by atoms with Gasteiger partial charge >= 0.3 is 6.09 Å². The lowest BCUT2D eigenvalue weighted by Gasteiger charge is -2.28. The second kappa shape index (κ2) is 9.10. The molecule has 1 atom stereocenters. The van der Waals surface area contributed by atoms with Gasteiger partial charge in [-0.25, -0.2) is 4.79 Å². The van der Waals surface area contributed by atoms with Crippen LogP contribution in [0.1, 0.15) is 71.3 Å². The summed E-state index contributed by atoms with van der Waals surface area (Å²) >= 11 is 0. The van der Waals surface area contributed by atoms with Crippen LogP contribution in [0.4, 0.5) is 4.79 Å². The van der Waals surface area contributed by atoms with Crippen LogP contribution in [0, 0.1) is 0 Å². The number of hydrogen-bond acceptors (Lipinski definition) is 2. The fourth-order valence-corrected chi connectivity index (χ4v) is 3.40. The van der Waals surface area contributed by atoms with Crippen LogP contribution in [0.2, 0.25) is 0 Å². The summed E-state index contributed by atoms with van der Waals surface area (Å²) in [5.74, 6) is 0. The highest BCUT2D eigenvalue weighted by molar-refractivity contribution is 5.68. The van der Waals surface area contributed by atoms with Crippen LogP contribution in [-0.4, -0.2) is 29.2 Å². The molecule has 0 aliphatic carbocycles. The van der Waals surface area contributed by atoms with E-state index in [4.69, 9.17) is 4.74 Å². The zero-order valence-corrected chi connectivity index (χ0v) is 15.6. The Morgan fingerprint density at radius 3 is 2.54 bits per heavy atom. The average Bonchev–Trinajstić information content (AvgIpc) is 2.99. The predicted octanol–water partition coefficient (Wildman–Crippen LogP) is 5.58. The van der Waals surface area contributed by atoms with Gasteiger partial charge in [-0.2, -0.15) is 0 Å². The molecule has 0 saturated carbocycles. The summed E-state index contributed by atoms with van der Waals surface area (Å²) < 4.78 is 5.53. The third-order valence-corrected chi connectivity index (χ3v) is 4.60. The first-order valence-corrected chi connectivity index (χ1v) is 9.49. The molecular formula is C21H33NO2. The molecule has 1 aromatic carbocycles. The van der Waals surface area contributed by atoms with Crippen LogP contribution in [0.3, 0.4) is 0 Å². The van der Waals surface area contributed by atoms with E-state index >= 15 is 0 Å². The van der Waals surface area contributed by atoms with Gasteiger partial charge in [0.25, 0.3) is 0 Å². The number of aryl methyl sites for hydroxylation is 1. The van der Waals surface area contributed by atoms with Gasteiger partial charge in [0.05, 0.1) is 0 Å². The van der Waals surface area contributed by atoms with E-state index < -0.39 is 5.60 Å². The van der Waals surface area contributed by atoms with Crippen molar-refractivity contribution in [2.75, 3.05) is 6.54 Å². The predicted molar refractivity (Wildman–Crippen MR) is 99.2 cm³/mol. The van der Waals surface area contributed by atoms with E-state index in [-0.39, 0.29) is 6.09 Å². The van der Waals surface area contributed by atoms with Gasteiger partial charge < -0.3 is 9.64 Å². The summed E-state index contributed by atoms with van der Waals surface area (Å²) in [6.07, 6.45) is 9.39. The van der Waals surface area contributed by atoms with Crippen LogP contribution in [-0.2, 0) is 11.2 Å². The molecule has 1 aliphatic heterocycles. The molecule has 1 saturated heterocycles. The summed E-state index contributed by atoms with van der Waals surface area (Å²) in [4.78, 5) is 14.2. The topological polar surface area (TPSA) is 29.5 Å². The Kier molecular flexibility index (Phi) is 7.14. The summed E-state index contributed by atoms with van der Waals surface area (Å²) in [6.45, 7) is 6.65. The minimum Gasteiger partial charge on any atom is -0.444 e. The Labute approximate surface area is 147 Å². The number of carbonyl (C=O) groups is 1. The van der Waals surface area contributed by atoms with E-state index in [0.717, 1.165) is 25.8 Å². The highest BCUT2D eigenvalue weighted by Crippen LogP contribution is 2.25. The van der Waals surface area contributed by atoms with Crippen molar-refractivity contribution in [2.24, 2.45) is 0 Å². The highest BCUT2D eigenvalue weighted by Gasteiger charge is 2.31. The summed E-state index contributed by atoms with van der Waals surface area (Å²) in [5.41, 5.74) is 1.03. The molecule has 3 nitrogen and oxygen atoms in total. The molecule has 2 rings (SSSR count). The zero-order valence-electron chi connectivity index (χ0n) is 15.6. The van der Waals surface area contributed by atoms with Crippen molar-refractivity contribution in [2.45, 2.75) is 83.8 Å². The third-order valence-electron chi connectivity index (χ3n) is 4.60. The van der Waals surface area contributed by atoms with Crippen molar-refractivity contribution in [3.05, 3.63) is 35.9 Å². The van der Waals surface area contributed by atoms with Gasteiger partial charge in [-0.1, -0.05) is 49.6 Å². The van der Waals surface area contributed by atoms with E-state index in [1.165, 1.54) is 37.7 Å². The van der Waals surface area contributed by atoms with Crippen molar-refractivity contribution < 1.29 is 9.53 Å². The van der Waals surface area contributed by atoms with Gasteiger partial charge in [0.15, 0.2) is 0 Å². The number of benzene rings is 1. The molecule has 0 aromatic heterocycles. The number of amides is 1. The van der Waals surface area contributed by atoms with Crippen molar-refractivity contribution in [3.8, 4) is 0 Å². The molecule has 1 fully saturated rings. The van der Waals surface area contributed by atoms with Gasteiger partial charge in [-0.15, -0.1) is 0 Å². The molecule has 3 heteroatoms. The number of ether oxygens (including phenoxy) is 1. The van der Waals surface area contributed by atoms with Gasteiger partial charge in [-0.3, -0.25) is 0 Å². The molecular weight excluding hydrogens is 298 g/mol. The minimum atomic E-state index is -0.401. The Hall–Kier alpha value is -1.51. The second-order valence-electron chi connectivity index (χ2n) is 7.91. The lowest BCUT2D eigenvalue weighted by molar-refractivity contribution is 0.0218. The van der Waals surface area contributed by atoms with Crippen LogP contribution in [0.25, 0.3) is 0 Å². The minimum absolute atomic E-state index is 0.130. The quantitative estimate of drug-likeness (QED) is 0.610. The first-order chi connectivity index (χ1) is 11.5. The third kappa shape index (κ3) is 6.54. The largest absolute Gasteiger partial charge is 0.444 e. The van der Waals surface area contributed by atoms with Crippen molar-refractivity contribution in [1.29, 1.82) is 0 Å². The smallest absolute Gasteiger partial charge is 0.410 e. The number of carbonyl (C=O) groups excluding carboxylic acids is 1. The lowest BCUT2D eigenvalue weighted by atomic mass is 10.0. The van der Waals surface area contributed by atoms with Gasteiger partial charge in [0, 0.05) is 12.6 Å². The van der Waals surface area contributed by atoms with Gasteiger partial charge in [0.1, 0.15) is 5.60 Å². The molecule has 1 aromatic rings. The summed E-state index contributed by atoms with van der Waals surface area (Å²) in [5, 5.41) is 0. The van der Waals surface area contributed by atoms with E-state index in [0.29, 0.717) is 6.04 Å². The van der Waals surface area contributed by atoms with Crippen LogP contribution in [0.5, 0.6) is 0 Å². The van der Waals surface area contributed by atoms with Crippen molar-refractivity contribution in [1.82, 2.24) is 4.90 Å². The number of nitrogens with zero attached hydrogens (tertiary/aromatic N) is 1. The van der Waals surface area contributed by atoms with Crippen molar-refractivity contribution >= 4 is 6.09 Å². The lowest BCUT2D eigenvalue weighted by Crippen LogP contribution is -2.39. The van der Waals surface area contributed by atoms with Gasteiger partial charge in [0.2, 0.25) is 0 Å². The summed E-state index contributed by atoms with van der Waals surface area (Å²) in [6, 6.07) is 11.1. The van der Waals surface area contributed by atoms with Gasteiger partial charge in [-0.05, 0) is 58.4 Å². The Morgan fingerprint density at radius 2 is 1.83 bits per heavy atom. The maximum Gasteiger partial charge on any atom is 0.410 e. The number of hydrogen-bond donors (Lipinski definition) is 0. The molecule has 1 heterocycles. The normalized spacial score (nSPS) is 18.0. The van der Waals surface area contributed by atoms with E-state index in [1.54, 1.807) is 0 Å². The Morgan fingerprint density at radius 1 is 1.12 bits per heavy atom. The molecule has 24 heavy (non-hydrogen) atoms. The molecule has 1 aliphatic rings. The van der Waals surface area contributed by atoms with Crippen LogP contribution >= 0.6 is 0 Å². The Balaban J connectivity index is 1.61. The molecule has 134 valence electrons. The van der Waals surface area contributed by atoms with E-state index in [2.05, 4.69) is 30.3 Å². The molecule has 0 spiro atoms. The number of rotatable bonds is 7. The first kappa shape index (κ1) is 18.8. The molecule has 0 bridgehead atoms. The molecule has 0 radical (unpaired) electrons. The van der Waals surface area contributed by atoms with E-state index in [9.17, 15) is 4.79 Å². The van der Waals surface area contributed by atoms with Crippen molar-refractivity contribution in [3.63, 3.8) is 0 Å². The highest BCUT2D eigenvalue weighted by atomic mass is 16.6. The Bertz CT molecular complexity index is 492. The molecule has 1 unspecified atom stereocenters. The maximum atomic E-state index is 12.3. The molecule has 0 N–H and O–H groups in total. The maximum absolute atomic E-state index is 12.3. The standard InChI is InChI=1S/C21H33NO2/c1-21(2,3)24-20(23)22-17-11-16-19(22)15-10-5-4-7-12-18-13-8-6-9-14-18/h6,8-9,13-14,19H,4-5,7,10-12,15-17H2,1-3H3. The molecule has 1 amide bonds. The fourth-order valence-electron chi connectivity index (χ4n) is 3.40.